The number of nitrogens with one attached hydrogen (secondary N) is 3. The van der Waals surface area contributed by atoms with Crippen LogP contribution >= 0.6 is 11.6 Å². The molecule has 1 aliphatic rings. The lowest BCUT2D eigenvalue weighted by molar-refractivity contribution is -0.136. The molecule has 4 amide bonds. The first kappa shape index (κ1) is 27.9. The van der Waals surface area contributed by atoms with E-state index in [-0.39, 0.29) is 5.02 Å². The van der Waals surface area contributed by atoms with Crippen molar-refractivity contribution in [1.29, 1.82) is 0 Å². The lowest BCUT2D eigenvalue weighted by Crippen LogP contribution is -2.50. The van der Waals surface area contributed by atoms with E-state index in [9.17, 15) is 22.8 Å². The number of methoxy groups -OCH3 is 1. The molecular formula is C27H27ClF3N5O3. The van der Waals surface area contributed by atoms with Crippen LogP contribution in [0, 0.1) is 6.92 Å². The third kappa shape index (κ3) is 6.85. The summed E-state index contributed by atoms with van der Waals surface area (Å²) in [6.07, 6.45) is -4.65. The molecule has 0 unspecified atom stereocenters. The van der Waals surface area contributed by atoms with Gasteiger partial charge in [0.05, 0.1) is 29.1 Å². The Labute approximate surface area is 228 Å². The van der Waals surface area contributed by atoms with Crippen molar-refractivity contribution < 1.29 is 27.5 Å². The zero-order valence-electron chi connectivity index (χ0n) is 21.2. The van der Waals surface area contributed by atoms with Gasteiger partial charge in [-0.2, -0.15) is 13.2 Å². The highest BCUT2D eigenvalue weighted by Gasteiger charge is 2.35. The minimum atomic E-state index is -4.65. The Morgan fingerprint density at radius 1 is 0.923 bits per heavy atom. The number of anilines is 4. The Morgan fingerprint density at radius 2 is 1.62 bits per heavy atom. The number of ether oxygens (including phenoxy) is 1. The van der Waals surface area contributed by atoms with Crippen LogP contribution in [-0.2, 0) is 6.18 Å². The molecule has 206 valence electrons. The van der Waals surface area contributed by atoms with Gasteiger partial charge in [-0.3, -0.25) is 0 Å². The Kier molecular flexibility index (Phi) is 8.39. The third-order valence-corrected chi connectivity index (χ3v) is 6.53. The number of nitrogens with zero attached hydrogens (tertiary/aromatic N) is 2. The molecule has 39 heavy (non-hydrogen) atoms. The number of benzene rings is 3. The van der Waals surface area contributed by atoms with Gasteiger partial charge in [-0.05, 0) is 61.0 Å². The quantitative estimate of drug-likeness (QED) is 0.325. The maximum absolute atomic E-state index is 13.3. The molecule has 0 radical (unpaired) electrons. The van der Waals surface area contributed by atoms with Crippen LogP contribution in [0.25, 0.3) is 0 Å². The fraction of sp³-hybridized carbons (Fsp3) is 0.259. The Bertz CT molecular complexity index is 1340. The number of halogens is 4. The van der Waals surface area contributed by atoms with E-state index in [1.165, 1.54) is 24.1 Å². The molecule has 0 aromatic heterocycles. The van der Waals surface area contributed by atoms with Crippen LogP contribution in [0.1, 0.15) is 11.1 Å². The van der Waals surface area contributed by atoms with Crippen molar-refractivity contribution in [3.8, 4) is 5.75 Å². The van der Waals surface area contributed by atoms with Gasteiger partial charge in [0.25, 0.3) is 0 Å². The van der Waals surface area contributed by atoms with Gasteiger partial charge in [0.2, 0.25) is 0 Å². The van der Waals surface area contributed by atoms with E-state index in [4.69, 9.17) is 16.3 Å². The highest BCUT2D eigenvalue weighted by atomic mass is 35.5. The number of rotatable bonds is 5. The van der Waals surface area contributed by atoms with Crippen LogP contribution < -0.4 is 25.6 Å². The standard InChI is InChI=1S/C27H27ClF3N5O3/c1-17-6-11-23(39-2)22(16-17)33-25(37)32-18-7-9-19(10-8-18)35-12-14-36(15-13-35)26(38)34-24-20(27(29,30)31)4-3-5-21(24)28/h3-11,16H,12-15H2,1-2H3,(H,34,38)(H2,32,33,37). The minimum absolute atomic E-state index is 0.183. The second-order valence-corrected chi connectivity index (χ2v) is 9.30. The number of urea groups is 2. The van der Waals surface area contributed by atoms with Crippen molar-refractivity contribution >= 4 is 46.4 Å². The fourth-order valence-electron chi connectivity index (χ4n) is 4.20. The highest BCUT2D eigenvalue weighted by molar-refractivity contribution is 6.34. The van der Waals surface area contributed by atoms with E-state index in [0.717, 1.165) is 17.3 Å². The van der Waals surface area contributed by atoms with Crippen LogP contribution in [0.5, 0.6) is 5.75 Å². The summed E-state index contributed by atoms with van der Waals surface area (Å²) < 4.78 is 45.3. The molecule has 3 aromatic rings. The van der Waals surface area contributed by atoms with E-state index >= 15 is 0 Å². The molecular weight excluding hydrogens is 535 g/mol. The van der Waals surface area contributed by atoms with Crippen molar-refractivity contribution in [2.75, 3.05) is 54.1 Å². The summed E-state index contributed by atoms with van der Waals surface area (Å²) in [5, 5.41) is 7.70. The molecule has 3 aromatic carbocycles. The van der Waals surface area contributed by atoms with Gasteiger partial charge in [0.1, 0.15) is 5.75 Å². The first-order valence-electron chi connectivity index (χ1n) is 12.0. The van der Waals surface area contributed by atoms with E-state index in [1.54, 1.807) is 18.2 Å². The van der Waals surface area contributed by atoms with E-state index < -0.39 is 29.5 Å². The molecule has 1 saturated heterocycles. The summed E-state index contributed by atoms with van der Waals surface area (Å²) in [5.74, 6) is 0.548. The number of hydrogen-bond donors (Lipinski definition) is 3. The number of aryl methyl sites for hydroxylation is 1. The van der Waals surface area contributed by atoms with Gasteiger partial charge in [-0.15, -0.1) is 0 Å². The predicted octanol–water partition coefficient (Wildman–Crippen LogP) is 6.67. The highest BCUT2D eigenvalue weighted by Crippen LogP contribution is 2.38. The van der Waals surface area contributed by atoms with Crippen LogP contribution in [0.15, 0.2) is 60.7 Å². The molecule has 3 N–H and O–H groups in total. The number of carbonyl (C=O) groups excluding carboxylic acids is 2. The molecule has 8 nitrogen and oxygen atoms in total. The lowest BCUT2D eigenvalue weighted by atomic mass is 10.1. The molecule has 0 bridgehead atoms. The van der Waals surface area contributed by atoms with Crippen LogP contribution in [-0.4, -0.2) is 50.3 Å². The van der Waals surface area contributed by atoms with Crippen molar-refractivity contribution in [2.24, 2.45) is 0 Å². The number of carbonyl (C=O) groups is 2. The topological polar surface area (TPSA) is 85.9 Å². The Hall–Kier alpha value is -4.12. The third-order valence-electron chi connectivity index (χ3n) is 6.21. The normalized spacial score (nSPS) is 13.6. The number of hydrogen-bond acceptors (Lipinski definition) is 4. The van der Waals surface area contributed by atoms with Gasteiger partial charge in [0, 0.05) is 37.6 Å². The maximum Gasteiger partial charge on any atom is 0.418 e. The molecule has 12 heteroatoms. The van der Waals surface area contributed by atoms with Crippen molar-refractivity contribution in [1.82, 2.24) is 4.90 Å². The predicted molar refractivity (Wildman–Crippen MR) is 146 cm³/mol. The molecule has 4 rings (SSSR count). The van der Waals surface area contributed by atoms with E-state index in [2.05, 4.69) is 16.0 Å². The summed E-state index contributed by atoms with van der Waals surface area (Å²) in [6, 6.07) is 15.0. The Morgan fingerprint density at radius 3 is 2.26 bits per heavy atom. The van der Waals surface area contributed by atoms with Gasteiger partial charge in [0.15, 0.2) is 0 Å². The van der Waals surface area contributed by atoms with Crippen molar-refractivity contribution in [3.05, 3.63) is 76.8 Å². The second-order valence-electron chi connectivity index (χ2n) is 8.89. The Balaban J connectivity index is 1.31. The first-order valence-corrected chi connectivity index (χ1v) is 12.4. The molecule has 1 aliphatic heterocycles. The molecule has 1 fully saturated rings. The van der Waals surface area contributed by atoms with E-state index in [0.29, 0.717) is 43.3 Å². The van der Waals surface area contributed by atoms with Crippen molar-refractivity contribution in [2.45, 2.75) is 13.1 Å². The van der Waals surface area contributed by atoms with Crippen molar-refractivity contribution in [3.63, 3.8) is 0 Å². The zero-order chi connectivity index (χ0) is 28.2. The molecule has 0 spiro atoms. The summed E-state index contributed by atoms with van der Waals surface area (Å²) in [6.45, 7) is 3.47. The van der Waals surface area contributed by atoms with Gasteiger partial charge in [-0.25, -0.2) is 9.59 Å². The average molecular weight is 562 g/mol. The lowest BCUT2D eigenvalue weighted by Gasteiger charge is -2.36. The molecule has 0 saturated carbocycles. The van der Waals surface area contributed by atoms with E-state index in [1.807, 2.05) is 36.1 Å². The summed E-state index contributed by atoms with van der Waals surface area (Å²) in [7, 11) is 1.53. The number of amides is 4. The summed E-state index contributed by atoms with van der Waals surface area (Å²) in [4.78, 5) is 28.7. The monoisotopic (exact) mass is 561 g/mol. The first-order chi connectivity index (χ1) is 18.5. The molecule has 1 heterocycles. The number of piperazine rings is 1. The largest absolute Gasteiger partial charge is 0.495 e. The van der Waals surface area contributed by atoms with Crippen LogP contribution in [0.2, 0.25) is 5.02 Å². The fourth-order valence-corrected chi connectivity index (χ4v) is 4.42. The van der Waals surface area contributed by atoms with Gasteiger partial charge in [-0.1, -0.05) is 23.7 Å². The number of para-hydroxylation sites is 1. The van der Waals surface area contributed by atoms with Gasteiger partial charge >= 0.3 is 18.2 Å². The van der Waals surface area contributed by atoms with Gasteiger partial charge < -0.3 is 30.5 Å². The van der Waals surface area contributed by atoms with Crippen LogP contribution in [0.3, 0.4) is 0 Å². The molecule has 0 aliphatic carbocycles. The minimum Gasteiger partial charge on any atom is -0.495 e. The SMILES string of the molecule is COc1ccc(C)cc1NC(=O)Nc1ccc(N2CCN(C(=O)Nc3c(Cl)cccc3C(F)(F)F)CC2)cc1. The second kappa shape index (κ2) is 11.7. The van der Waals surface area contributed by atoms with Crippen LogP contribution in [0.4, 0.5) is 45.5 Å². The summed E-state index contributed by atoms with van der Waals surface area (Å²) in [5.41, 5.74) is 1.54. The average Bonchev–Trinajstić information content (AvgIpc) is 2.90. The smallest absolute Gasteiger partial charge is 0.418 e. The maximum atomic E-state index is 13.3. The summed E-state index contributed by atoms with van der Waals surface area (Å²) >= 11 is 5.95. The number of alkyl halides is 3. The molecule has 0 atom stereocenters. The zero-order valence-corrected chi connectivity index (χ0v) is 22.0.